The van der Waals surface area contributed by atoms with Crippen LogP contribution < -0.4 is 10.6 Å². The fraction of sp³-hybridized carbons (Fsp3) is 0.130. The minimum atomic E-state index is -4.87. The quantitative estimate of drug-likeness (QED) is 0.419. The normalized spacial score (nSPS) is 15.3. The minimum Gasteiger partial charge on any atom is -0.340 e. The molecule has 3 heterocycles. The standard InChI is InChI=1S/C23H14F5N5O2/c1-10-2-3-13(24)7-15(10)19-18-16(8-17-29-9-30-33(17)20(18)22(35)32-19)31-21(34)11-4-12(23(26,27)28)6-14(25)5-11/h2-9,19H,1H3,(H,31,34)(H,32,35). The maximum atomic E-state index is 14.0. The van der Waals surface area contributed by atoms with Gasteiger partial charge in [-0.25, -0.2) is 18.3 Å². The van der Waals surface area contributed by atoms with E-state index in [-0.39, 0.29) is 28.7 Å². The number of fused-ring (bicyclic) bond motifs is 3. The molecule has 1 unspecified atom stereocenters. The molecule has 7 nitrogen and oxygen atoms in total. The number of hydrogen-bond acceptors (Lipinski definition) is 4. The van der Waals surface area contributed by atoms with Crippen LogP contribution in [0.4, 0.5) is 27.6 Å². The van der Waals surface area contributed by atoms with Crippen LogP contribution in [0, 0.1) is 18.6 Å². The summed E-state index contributed by atoms with van der Waals surface area (Å²) in [7, 11) is 0. The van der Waals surface area contributed by atoms with Crippen LogP contribution in [-0.2, 0) is 6.18 Å². The number of benzene rings is 2. The van der Waals surface area contributed by atoms with Crippen molar-refractivity contribution < 1.29 is 31.5 Å². The Labute approximate surface area is 193 Å². The van der Waals surface area contributed by atoms with E-state index >= 15 is 0 Å². The number of carbonyl (C=O) groups excluding carboxylic acids is 2. The van der Waals surface area contributed by atoms with Gasteiger partial charge in [-0.05, 0) is 48.4 Å². The first-order valence-electron chi connectivity index (χ1n) is 10.2. The summed E-state index contributed by atoms with van der Waals surface area (Å²) in [5.41, 5.74) is -0.454. The summed E-state index contributed by atoms with van der Waals surface area (Å²) >= 11 is 0. The number of aryl methyl sites for hydroxylation is 1. The largest absolute Gasteiger partial charge is 0.416 e. The second kappa shape index (κ2) is 7.86. The number of amides is 2. The molecule has 1 atom stereocenters. The number of nitrogens with one attached hydrogen (secondary N) is 2. The van der Waals surface area contributed by atoms with E-state index in [0.717, 1.165) is 0 Å². The van der Waals surface area contributed by atoms with E-state index in [0.29, 0.717) is 23.3 Å². The lowest BCUT2D eigenvalue weighted by atomic mass is 9.95. The number of alkyl halides is 3. The number of halogens is 5. The van der Waals surface area contributed by atoms with Gasteiger partial charge in [0.05, 0.1) is 17.3 Å². The van der Waals surface area contributed by atoms with E-state index in [2.05, 4.69) is 20.7 Å². The first-order valence-corrected chi connectivity index (χ1v) is 10.2. The molecule has 0 bridgehead atoms. The second-order valence-electron chi connectivity index (χ2n) is 7.94. The van der Waals surface area contributed by atoms with Gasteiger partial charge in [0, 0.05) is 17.2 Å². The van der Waals surface area contributed by atoms with Crippen LogP contribution in [-0.4, -0.2) is 26.4 Å². The van der Waals surface area contributed by atoms with Gasteiger partial charge in [-0.2, -0.15) is 18.3 Å². The van der Waals surface area contributed by atoms with E-state index in [1.54, 1.807) is 6.92 Å². The number of nitrogens with zero attached hydrogens (tertiary/aromatic N) is 3. The molecule has 0 saturated carbocycles. The lowest BCUT2D eigenvalue weighted by Gasteiger charge is -2.19. The first kappa shape index (κ1) is 22.4. The molecule has 0 aliphatic carbocycles. The Balaban J connectivity index is 1.65. The number of carbonyl (C=O) groups is 2. The van der Waals surface area contributed by atoms with E-state index < -0.39 is 46.8 Å². The van der Waals surface area contributed by atoms with Crippen molar-refractivity contribution in [3.8, 4) is 0 Å². The van der Waals surface area contributed by atoms with Gasteiger partial charge in [0.1, 0.15) is 23.7 Å². The first-order chi connectivity index (χ1) is 16.5. The summed E-state index contributed by atoms with van der Waals surface area (Å²) in [6.45, 7) is 1.70. The van der Waals surface area contributed by atoms with Crippen molar-refractivity contribution in [2.45, 2.75) is 19.1 Å². The van der Waals surface area contributed by atoms with E-state index in [9.17, 15) is 31.5 Å². The number of hydrogen-bond donors (Lipinski definition) is 2. The molecule has 1 aliphatic heterocycles. The highest BCUT2D eigenvalue weighted by Gasteiger charge is 2.37. The lowest BCUT2D eigenvalue weighted by Crippen LogP contribution is -2.22. The van der Waals surface area contributed by atoms with Crippen LogP contribution in [0.5, 0.6) is 0 Å². The maximum absolute atomic E-state index is 14.0. The van der Waals surface area contributed by atoms with Crippen LogP contribution in [0.25, 0.3) is 5.65 Å². The van der Waals surface area contributed by atoms with Crippen LogP contribution in [0.1, 0.15) is 49.1 Å². The Hall–Kier alpha value is -4.35. The molecule has 178 valence electrons. The Morgan fingerprint density at radius 2 is 1.86 bits per heavy atom. The predicted molar refractivity (Wildman–Crippen MR) is 113 cm³/mol. The SMILES string of the molecule is Cc1ccc(F)cc1C1NC(=O)c2c1c(NC(=O)c1cc(F)cc(C(F)(F)F)c1)cc1ncnn21. The monoisotopic (exact) mass is 487 g/mol. The van der Waals surface area contributed by atoms with E-state index in [1.807, 2.05) is 0 Å². The van der Waals surface area contributed by atoms with Crippen molar-refractivity contribution in [3.63, 3.8) is 0 Å². The van der Waals surface area contributed by atoms with Crippen molar-refractivity contribution >= 4 is 23.1 Å². The second-order valence-corrected chi connectivity index (χ2v) is 7.94. The minimum absolute atomic E-state index is 0.0131. The van der Waals surface area contributed by atoms with Gasteiger partial charge in [0.15, 0.2) is 5.65 Å². The zero-order valence-corrected chi connectivity index (χ0v) is 17.7. The summed E-state index contributed by atoms with van der Waals surface area (Å²) in [4.78, 5) is 29.8. The van der Waals surface area contributed by atoms with Crippen molar-refractivity contribution in [1.29, 1.82) is 0 Å². The summed E-state index contributed by atoms with van der Waals surface area (Å²) in [6.07, 6.45) is -3.69. The molecule has 2 aromatic carbocycles. The molecule has 0 saturated heterocycles. The molecule has 0 radical (unpaired) electrons. The van der Waals surface area contributed by atoms with Gasteiger partial charge < -0.3 is 10.6 Å². The highest BCUT2D eigenvalue weighted by molar-refractivity contribution is 6.08. The maximum Gasteiger partial charge on any atom is 0.416 e. The van der Waals surface area contributed by atoms with Gasteiger partial charge in [0.2, 0.25) is 0 Å². The Bertz CT molecular complexity index is 1530. The molecule has 35 heavy (non-hydrogen) atoms. The average molecular weight is 487 g/mol. The van der Waals surface area contributed by atoms with Crippen LogP contribution >= 0.6 is 0 Å². The van der Waals surface area contributed by atoms with E-state index in [1.165, 1.54) is 35.1 Å². The molecular weight excluding hydrogens is 473 g/mol. The number of aromatic nitrogens is 3. The Kier molecular flexibility index (Phi) is 5.04. The predicted octanol–water partition coefficient (Wildman–Crippen LogP) is 4.42. The molecule has 5 rings (SSSR count). The molecule has 2 N–H and O–H groups in total. The van der Waals surface area contributed by atoms with Crippen molar-refractivity contribution in [3.05, 3.63) is 93.9 Å². The van der Waals surface area contributed by atoms with Gasteiger partial charge in [0.25, 0.3) is 11.8 Å². The van der Waals surface area contributed by atoms with Crippen LogP contribution in [0.15, 0.2) is 48.8 Å². The van der Waals surface area contributed by atoms with Gasteiger partial charge in [-0.3, -0.25) is 9.59 Å². The third-order valence-electron chi connectivity index (χ3n) is 5.67. The zero-order chi connectivity index (χ0) is 25.1. The smallest absolute Gasteiger partial charge is 0.340 e. The molecule has 0 spiro atoms. The van der Waals surface area contributed by atoms with Crippen molar-refractivity contribution in [1.82, 2.24) is 19.9 Å². The molecule has 12 heteroatoms. The Morgan fingerprint density at radius 3 is 2.60 bits per heavy atom. The molecule has 0 fully saturated rings. The van der Waals surface area contributed by atoms with Gasteiger partial charge >= 0.3 is 6.18 Å². The number of rotatable bonds is 3. The van der Waals surface area contributed by atoms with Crippen molar-refractivity contribution in [2.24, 2.45) is 0 Å². The molecule has 1 aliphatic rings. The Morgan fingerprint density at radius 1 is 1.09 bits per heavy atom. The van der Waals surface area contributed by atoms with E-state index in [4.69, 9.17) is 0 Å². The van der Waals surface area contributed by atoms with Gasteiger partial charge in [-0.15, -0.1) is 0 Å². The topological polar surface area (TPSA) is 88.4 Å². The number of anilines is 1. The number of pyridine rings is 1. The molecular formula is C23H14F5N5O2. The summed E-state index contributed by atoms with van der Waals surface area (Å²) in [6, 6.07) is 5.93. The fourth-order valence-electron chi connectivity index (χ4n) is 4.09. The average Bonchev–Trinajstić information content (AvgIpc) is 3.38. The summed E-state index contributed by atoms with van der Waals surface area (Å²) in [5, 5.41) is 9.20. The fourth-order valence-corrected chi connectivity index (χ4v) is 4.09. The molecule has 2 amide bonds. The van der Waals surface area contributed by atoms with Crippen LogP contribution in [0.2, 0.25) is 0 Å². The lowest BCUT2D eigenvalue weighted by molar-refractivity contribution is -0.137. The van der Waals surface area contributed by atoms with Crippen molar-refractivity contribution in [2.75, 3.05) is 5.32 Å². The summed E-state index contributed by atoms with van der Waals surface area (Å²) in [5.74, 6) is -3.42. The highest BCUT2D eigenvalue weighted by atomic mass is 19.4. The molecule has 4 aromatic rings. The molecule has 2 aromatic heterocycles. The van der Waals surface area contributed by atoms with Gasteiger partial charge in [-0.1, -0.05) is 6.07 Å². The third kappa shape index (κ3) is 3.86. The highest BCUT2D eigenvalue weighted by Crippen LogP contribution is 2.39. The summed E-state index contributed by atoms with van der Waals surface area (Å²) < 4.78 is 68.5. The zero-order valence-electron chi connectivity index (χ0n) is 17.7. The van der Waals surface area contributed by atoms with Crippen LogP contribution in [0.3, 0.4) is 0 Å². The third-order valence-corrected chi connectivity index (χ3v) is 5.67.